The summed E-state index contributed by atoms with van der Waals surface area (Å²) < 4.78 is 6.40. The predicted molar refractivity (Wildman–Crippen MR) is 103 cm³/mol. The maximum atomic E-state index is 10.1. The van der Waals surface area contributed by atoms with Crippen LogP contribution >= 0.6 is 23.1 Å². The molecule has 3 rings (SSSR count). The van der Waals surface area contributed by atoms with E-state index in [4.69, 9.17) is 4.74 Å². The Morgan fingerprint density at radius 2 is 1.88 bits per heavy atom. The SMILES string of the molecule is Cc1ccc(OCC(O)CSc2nnc(Nc3ccccc3)s2)cc1. The van der Waals surface area contributed by atoms with Crippen LogP contribution in [0, 0.1) is 6.92 Å². The highest BCUT2D eigenvalue weighted by molar-refractivity contribution is 8.01. The van der Waals surface area contributed by atoms with E-state index < -0.39 is 6.10 Å². The highest BCUT2D eigenvalue weighted by Gasteiger charge is 2.10. The summed E-state index contributed by atoms with van der Waals surface area (Å²) in [5, 5.41) is 22.3. The fourth-order valence-electron chi connectivity index (χ4n) is 2.01. The molecule has 5 nitrogen and oxygen atoms in total. The Morgan fingerprint density at radius 3 is 2.64 bits per heavy atom. The number of para-hydroxylation sites is 1. The van der Waals surface area contributed by atoms with Crippen LogP contribution in [-0.4, -0.2) is 33.8 Å². The molecule has 7 heteroatoms. The Balaban J connectivity index is 1.43. The molecule has 3 aromatic rings. The van der Waals surface area contributed by atoms with Crippen molar-refractivity contribution in [1.29, 1.82) is 0 Å². The van der Waals surface area contributed by atoms with Crippen LogP contribution in [0.3, 0.4) is 0 Å². The van der Waals surface area contributed by atoms with Gasteiger partial charge < -0.3 is 15.2 Å². The van der Waals surface area contributed by atoms with Crippen molar-refractivity contribution in [3.05, 3.63) is 60.2 Å². The summed E-state index contributed by atoms with van der Waals surface area (Å²) in [7, 11) is 0. The molecule has 0 aliphatic carbocycles. The van der Waals surface area contributed by atoms with Gasteiger partial charge in [-0.1, -0.05) is 59.0 Å². The third kappa shape index (κ3) is 5.74. The predicted octanol–water partition coefficient (Wildman–Crippen LogP) is 4.12. The molecular formula is C18H19N3O2S2. The molecule has 2 aromatic carbocycles. The van der Waals surface area contributed by atoms with Gasteiger partial charge in [-0.3, -0.25) is 0 Å². The lowest BCUT2D eigenvalue weighted by atomic mass is 10.2. The Kier molecular flexibility index (Phi) is 6.27. The van der Waals surface area contributed by atoms with Gasteiger partial charge in [0.05, 0.1) is 6.10 Å². The fraction of sp³-hybridized carbons (Fsp3) is 0.222. The molecule has 25 heavy (non-hydrogen) atoms. The number of thioether (sulfide) groups is 1. The standard InChI is InChI=1S/C18H19N3O2S2/c1-13-7-9-16(10-8-13)23-11-15(22)12-24-18-21-20-17(25-18)19-14-5-3-2-4-6-14/h2-10,15,22H,11-12H2,1H3,(H,19,20). The number of nitrogens with zero attached hydrogens (tertiary/aromatic N) is 2. The zero-order chi connectivity index (χ0) is 17.5. The van der Waals surface area contributed by atoms with E-state index in [0.29, 0.717) is 5.75 Å². The van der Waals surface area contributed by atoms with Gasteiger partial charge in [0.1, 0.15) is 12.4 Å². The van der Waals surface area contributed by atoms with Gasteiger partial charge in [0.25, 0.3) is 0 Å². The number of benzene rings is 2. The molecule has 1 unspecified atom stereocenters. The number of aliphatic hydroxyl groups excluding tert-OH is 1. The second kappa shape index (κ2) is 8.84. The Bertz CT molecular complexity index is 779. The molecule has 0 bridgehead atoms. The second-order valence-corrected chi connectivity index (χ2v) is 7.70. The van der Waals surface area contributed by atoms with E-state index in [9.17, 15) is 5.11 Å². The highest BCUT2D eigenvalue weighted by Crippen LogP contribution is 2.28. The third-order valence-electron chi connectivity index (χ3n) is 3.29. The van der Waals surface area contributed by atoms with E-state index in [1.807, 2.05) is 61.5 Å². The van der Waals surface area contributed by atoms with Crippen LogP contribution in [0.4, 0.5) is 10.8 Å². The molecular weight excluding hydrogens is 354 g/mol. The maximum Gasteiger partial charge on any atom is 0.210 e. The number of hydrogen-bond donors (Lipinski definition) is 2. The molecule has 0 aliphatic rings. The lowest BCUT2D eigenvalue weighted by Crippen LogP contribution is -2.20. The van der Waals surface area contributed by atoms with Crippen molar-refractivity contribution in [1.82, 2.24) is 10.2 Å². The number of aliphatic hydroxyl groups is 1. The first-order chi connectivity index (χ1) is 12.2. The molecule has 0 saturated carbocycles. The molecule has 0 aliphatic heterocycles. The van der Waals surface area contributed by atoms with Crippen molar-refractivity contribution in [3.8, 4) is 5.75 Å². The van der Waals surface area contributed by atoms with E-state index in [0.717, 1.165) is 20.9 Å². The number of rotatable bonds is 8. The fourth-order valence-corrected chi connectivity index (χ4v) is 3.71. The molecule has 1 aromatic heterocycles. The van der Waals surface area contributed by atoms with E-state index in [2.05, 4.69) is 15.5 Å². The second-order valence-electron chi connectivity index (χ2n) is 5.45. The molecule has 0 radical (unpaired) electrons. The van der Waals surface area contributed by atoms with E-state index in [1.165, 1.54) is 28.7 Å². The van der Waals surface area contributed by atoms with Gasteiger partial charge >= 0.3 is 0 Å². The van der Waals surface area contributed by atoms with E-state index in [1.54, 1.807) is 0 Å². The van der Waals surface area contributed by atoms with Crippen LogP contribution in [0.5, 0.6) is 5.75 Å². The number of ether oxygens (including phenoxy) is 1. The zero-order valence-electron chi connectivity index (χ0n) is 13.8. The van der Waals surface area contributed by atoms with Crippen LogP contribution in [0.2, 0.25) is 0 Å². The van der Waals surface area contributed by atoms with Crippen molar-refractivity contribution in [2.45, 2.75) is 17.4 Å². The average Bonchev–Trinajstić information content (AvgIpc) is 3.08. The third-order valence-corrected chi connectivity index (χ3v) is 5.41. The lowest BCUT2D eigenvalue weighted by Gasteiger charge is -2.11. The van der Waals surface area contributed by atoms with Crippen molar-refractivity contribution in [3.63, 3.8) is 0 Å². The monoisotopic (exact) mass is 373 g/mol. The molecule has 0 spiro atoms. The molecule has 0 amide bonds. The molecule has 1 atom stereocenters. The van der Waals surface area contributed by atoms with Crippen LogP contribution in [-0.2, 0) is 0 Å². The largest absolute Gasteiger partial charge is 0.491 e. The first-order valence-electron chi connectivity index (χ1n) is 7.85. The van der Waals surface area contributed by atoms with Gasteiger partial charge in [-0.15, -0.1) is 10.2 Å². The molecule has 0 fully saturated rings. The summed E-state index contributed by atoms with van der Waals surface area (Å²) in [5.41, 5.74) is 2.15. The minimum atomic E-state index is -0.569. The Hall–Kier alpha value is -2.09. The molecule has 2 N–H and O–H groups in total. The van der Waals surface area contributed by atoms with Crippen molar-refractivity contribution in [2.75, 3.05) is 17.7 Å². The lowest BCUT2D eigenvalue weighted by molar-refractivity contribution is 0.126. The van der Waals surface area contributed by atoms with Crippen molar-refractivity contribution >= 4 is 33.9 Å². The first kappa shape index (κ1) is 17.7. The quantitative estimate of drug-likeness (QED) is 0.579. The van der Waals surface area contributed by atoms with Crippen LogP contribution in [0.1, 0.15) is 5.56 Å². The zero-order valence-corrected chi connectivity index (χ0v) is 15.4. The van der Waals surface area contributed by atoms with E-state index >= 15 is 0 Å². The maximum absolute atomic E-state index is 10.1. The van der Waals surface area contributed by atoms with Crippen molar-refractivity contribution in [2.24, 2.45) is 0 Å². The number of nitrogens with one attached hydrogen (secondary N) is 1. The smallest absolute Gasteiger partial charge is 0.210 e. The summed E-state index contributed by atoms with van der Waals surface area (Å²) in [5.74, 6) is 1.27. The van der Waals surface area contributed by atoms with Crippen LogP contribution in [0.15, 0.2) is 58.9 Å². The number of anilines is 2. The summed E-state index contributed by atoms with van der Waals surface area (Å²) >= 11 is 2.94. The van der Waals surface area contributed by atoms with Gasteiger partial charge in [0.2, 0.25) is 5.13 Å². The van der Waals surface area contributed by atoms with Gasteiger partial charge in [-0.25, -0.2) is 0 Å². The first-order valence-corrected chi connectivity index (χ1v) is 9.65. The number of aryl methyl sites for hydroxylation is 1. The van der Waals surface area contributed by atoms with Crippen molar-refractivity contribution < 1.29 is 9.84 Å². The number of aromatic nitrogens is 2. The normalized spacial score (nSPS) is 11.9. The van der Waals surface area contributed by atoms with E-state index in [-0.39, 0.29) is 6.61 Å². The summed E-state index contributed by atoms with van der Waals surface area (Å²) in [6, 6.07) is 17.6. The highest BCUT2D eigenvalue weighted by atomic mass is 32.2. The van der Waals surface area contributed by atoms with Gasteiger partial charge in [0, 0.05) is 11.4 Å². The average molecular weight is 374 g/mol. The minimum Gasteiger partial charge on any atom is -0.491 e. The topological polar surface area (TPSA) is 67.3 Å². The van der Waals surface area contributed by atoms with Crippen LogP contribution in [0.25, 0.3) is 0 Å². The minimum absolute atomic E-state index is 0.254. The van der Waals surface area contributed by atoms with Gasteiger partial charge in [0.15, 0.2) is 4.34 Å². The molecule has 130 valence electrons. The van der Waals surface area contributed by atoms with Gasteiger partial charge in [-0.2, -0.15) is 0 Å². The summed E-state index contributed by atoms with van der Waals surface area (Å²) in [4.78, 5) is 0. The Labute approximate surface area is 155 Å². The summed E-state index contributed by atoms with van der Waals surface area (Å²) in [6.07, 6.45) is -0.569. The summed E-state index contributed by atoms with van der Waals surface area (Å²) in [6.45, 7) is 2.28. The van der Waals surface area contributed by atoms with Crippen LogP contribution < -0.4 is 10.1 Å². The van der Waals surface area contributed by atoms with Gasteiger partial charge in [-0.05, 0) is 31.2 Å². The molecule has 0 saturated heterocycles. The number of hydrogen-bond acceptors (Lipinski definition) is 7. The molecule has 1 heterocycles. The Morgan fingerprint density at radius 1 is 1.12 bits per heavy atom.